The summed E-state index contributed by atoms with van der Waals surface area (Å²) in [5.74, 6) is 1.03. The molecule has 100 valence electrons. The molecule has 2 aromatic rings. The highest BCUT2D eigenvalue weighted by atomic mass is 16.3. The van der Waals surface area contributed by atoms with Crippen LogP contribution in [-0.2, 0) is 0 Å². The topological polar surface area (TPSA) is 88.3 Å². The first-order valence-corrected chi connectivity index (χ1v) is 6.11. The van der Waals surface area contributed by atoms with E-state index in [4.69, 9.17) is 10.2 Å². The number of amidine groups is 1. The van der Waals surface area contributed by atoms with Gasteiger partial charge >= 0.3 is 0 Å². The molecule has 0 spiro atoms. The number of hydrazone groups is 1. The van der Waals surface area contributed by atoms with Crippen molar-refractivity contribution in [2.45, 2.75) is 6.92 Å². The fourth-order valence-electron chi connectivity index (χ4n) is 1.88. The van der Waals surface area contributed by atoms with E-state index in [1.165, 1.54) is 0 Å². The quantitative estimate of drug-likeness (QED) is 0.835. The van der Waals surface area contributed by atoms with Gasteiger partial charge in [0.15, 0.2) is 11.5 Å². The largest absolute Gasteiger partial charge is 0.469 e. The zero-order chi connectivity index (χ0) is 13.9. The summed E-state index contributed by atoms with van der Waals surface area (Å²) >= 11 is 0. The summed E-state index contributed by atoms with van der Waals surface area (Å²) < 4.78 is 5.28. The molecule has 0 bridgehead atoms. The summed E-state index contributed by atoms with van der Waals surface area (Å²) in [6.45, 7) is 1.86. The van der Waals surface area contributed by atoms with Crippen LogP contribution >= 0.6 is 0 Å². The lowest BCUT2D eigenvalue weighted by atomic mass is 10.1. The van der Waals surface area contributed by atoms with E-state index in [0.29, 0.717) is 11.4 Å². The first-order chi connectivity index (χ1) is 9.75. The van der Waals surface area contributed by atoms with Crippen molar-refractivity contribution in [3.8, 4) is 0 Å². The van der Waals surface area contributed by atoms with Crippen LogP contribution in [-0.4, -0.2) is 17.3 Å². The number of para-hydroxylation sites is 1. The van der Waals surface area contributed by atoms with Crippen molar-refractivity contribution in [3.05, 3.63) is 54.0 Å². The van der Waals surface area contributed by atoms with Crippen LogP contribution in [0.15, 0.2) is 62.4 Å². The van der Waals surface area contributed by atoms with Crippen molar-refractivity contribution in [3.63, 3.8) is 0 Å². The molecule has 6 nitrogen and oxygen atoms in total. The molecular weight excluding hydrogens is 254 g/mol. The minimum Gasteiger partial charge on any atom is -0.469 e. The highest BCUT2D eigenvalue weighted by Crippen LogP contribution is 2.15. The van der Waals surface area contributed by atoms with Crippen LogP contribution in [0.25, 0.3) is 0 Å². The number of furan rings is 1. The van der Waals surface area contributed by atoms with Crippen LogP contribution in [0.4, 0.5) is 5.69 Å². The third kappa shape index (κ3) is 2.18. The second-order valence-electron chi connectivity index (χ2n) is 4.26. The fraction of sp³-hybridized carbons (Fsp3) is 0.0714. The normalized spacial score (nSPS) is 16.1. The summed E-state index contributed by atoms with van der Waals surface area (Å²) in [4.78, 5) is 0. The van der Waals surface area contributed by atoms with Crippen molar-refractivity contribution < 1.29 is 4.42 Å². The molecule has 0 saturated heterocycles. The number of aryl methyl sites for hydroxylation is 1. The minimum absolute atomic E-state index is 0.282. The molecule has 3 N–H and O–H groups in total. The van der Waals surface area contributed by atoms with E-state index < -0.39 is 0 Å². The van der Waals surface area contributed by atoms with Crippen LogP contribution in [0.1, 0.15) is 11.3 Å². The first-order valence-electron chi connectivity index (χ1n) is 6.11. The van der Waals surface area contributed by atoms with Crippen LogP contribution in [0.3, 0.4) is 0 Å². The molecule has 0 atom stereocenters. The molecule has 6 heteroatoms. The number of hydrogen-bond acceptors (Lipinski definition) is 6. The van der Waals surface area contributed by atoms with E-state index in [0.717, 1.165) is 17.0 Å². The van der Waals surface area contributed by atoms with E-state index in [-0.39, 0.29) is 5.84 Å². The van der Waals surface area contributed by atoms with Gasteiger partial charge in [-0.25, -0.2) is 0 Å². The number of benzene rings is 1. The van der Waals surface area contributed by atoms with E-state index in [1.807, 2.05) is 43.3 Å². The first kappa shape index (κ1) is 12.2. The fourth-order valence-corrected chi connectivity index (χ4v) is 1.88. The number of nitrogens with zero attached hydrogens (tertiary/aromatic N) is 3. The second kappa shape index (κ2) is 5.00. The molecule has 1 aromatic heterocycles. The lowest BCUT2D eigenvalue weighted by Crippen LogP contribution is -2.28. The minimum atomic E-state index is 0.282. The van der Waals surface area contributed by atoms with Crippen molar-refractivity contribution in [2.24, 2.45) is 21.0 Å². The predicted octanol–water partition coefficient (Wildman–Crippen LogP) is 2.13. The highest BCUT2D eigenvalue weighted by Gasteiger charge is 2.24. The Hall–Kier alpha value is -2.89. The van der Waals surface area contributed by atoms with Gasteiger partial charge in [0.05, 0.1) is 12.0 Å². The maximum Gasteiger partial charge on any atom is 0.176 e. The van der Waals surface area contributed by atoms with Gasteiger partial charge in [-0.3, -0.25) is 5.43 Å². The van der Waals surface area contributed by atoms with Gasteiger partial charge in [0.1, 0.15) is 11.5 Å². The lowest BCUT2D eigenvalue weighted by molar-refractivity contribution is 0.533. The molecule has 0 saturated carbocycles. The molecule has 0 fully saturated rings. The summed E-state index contributed by atoms with van der Waals surface area (Å²) in [5, 5.41) is 12.2. The predicted molar refractivity (Wildman–Crippen MR) is 79.1 cm³/mol. The molecule has 0 aliphatic carbocycles. The molecule has 3 rings (SSSR count). The Morgan fingerprint density at radius 3 is 2.65 bits per heavy atom. The number of nitrogens with one attached hydrogen (secondary N) is 1. The summed E-state index contributed by atoms with van der Waals surface area (Å²) in [5.41, 5.74) is 11.6. The molecule has 1 aromatic carbocycles. The van der Waals surface area contributed by atoms with Crippen molar-refractivity contribution in [2.75, 3.05) is 5.43 Å². The van der Waals surface area contributed by atoms with Gasteiger partial charge in [-0.1, -0.05) is 18.2 Å². The van der Waals surface area contributed by atoms with Gasteiger partial charge in [0, 0.05) is 5.56 Å². The van der Waals surface area contributed by atoms with Gasteiger partial charge in [0.25, 0.3) is 0 Å². The van der Waals surface area contributed by atoms with Crippen molar-refractivity contribution in [1.82, 2.24) is 0 Å². The molecule has 1 aliphatic rings. The van der Waals surface area contributed by atoms with Crippen LogP contribution in [0.2, 0.25) is 0 Å². The van der Waals surface area contributed by atoms with Gasteiger partial charge in [-0.2, -0.15) is 5.10 Å². The van der Waals surface area contributed by atoms with Gasteiger partial charge < -0.3 is 10.2 Å². The van der Waals surface area contributed by atoms with Crippen LogP contribution in [0, 0.1) is 6.92 Å². The van der Waals surface area contributed by atoms with Gasteiger partial charge in [0.2, 0.25) is 0 Å². The van der Waals surface area contributed by atoms with E-state index >= 15 is 0 Å². The van der Waals surface area contributed by atoms with Gasteiger partial charge in [-0.15, -0.1) is 10.2 Å². The molecule has 2 heterocycles. The standard InChI is InChI=1S/C14H13N5O/c1-9-11(7-8-20-9)12-13(14(15)19-17-12)18-16-10-5-3-2-4-6-10/h2-8,16H,1H3,(H2,15,18,19). The Labute approximate surface area is 115 Å². The zero-order valence-corrected chi connectivity index (χ0v) is 10.9. The highest BCUT2D eigenvalue weighted by molar-refractivity contribution is 6.72. The van der Waals surface area contributed by atoms with E-state index in [2.05, 4.69) is 20.7 Å². The Kier molecular flexibility index (Phi) is 3.04. The molecule has 0 radical (unpaired) electrons. The SMILES string of the molecule is Cc1occc1C1=NN=C(N)/C1=N/Nc1ccccc1. The third-order valence-corrected chi connectivity index (χ3v) is 2.91. The average Bonchev–Trinajstić information content (AvgIpc) is 3.04. The Bertz CT molecular complexity index is 712. The zero-order valence-electron chi connectivity index (χ0n) is 10.9. The second-order valence-corrected chi connectivity index (χ2v) is 4.26. The maximum atomic E-state index is 5.82. The third-order valence-electron chi connectivity index (χ3n) is 2.91. The Morgan fingerprint density at radius 1 is 1.15 bits per heavy atom. The monoisotopic (exact) mass is 267 g/mol. The molecule has 0 unspecified atom stereocenters. The average molecular weight is 267 g/mol. The molecule has 0 amide bonds. The number of nitrogens with two attached hydrogens (primary N) is 1. The lowest BCUT2D eigenvalue weighted by Gasteiger charge is -2.04. The number of rotatable bonds is 3. The molecule has 20 heavy (non-hydrogen) atoms. The maximum absolute atomic E-state index is 5.82. The van der Waals surface area contributed by atoms with E-state index in [1.54, 1.807) is 6.26 Å². The van der Waals surface area contributed by atoms with Gasteiger partial charge in [-0.05, 0) is 25.1 Å². The number of hydrogen-bond donors (Lipinski definition) is 2. The number of anilines is 1. The summed E-state index contributed by atoms with van der Waals surface area (Å²) in [7, 11) is 0. The van der Waals surface area contributed by atoms with Crippen molar-refractivity contribution in [1.29, 1.82) is 0 Å². The molecular formula is C14H13N5O. The van der Waals surface area contributed by atoms with E-state index in [9.17, 15) is 0 Å². The smallest absolute Gasteiger partial charge is 0.176 e. The van der Waals surface area contributed by atoms with Crippen LogP contribution in [0.5, 0.6) is 0 Å². The Morgan fingerprint density at radius 2 is 1.95 bits per heavy atom. The molecule has 1 aliphatic heterocycles. The summed E-state index contributed by atoms with van der Waals surface area (Å²) in [6, 6.07) is 11.4. The summed E-state index contributed by atoms with van der Waals surface area (Å²) in [6.07, 6.45) is 1.60. The Balaban J connectivity index is 1.89. The van der Waals surface area contributed by atoms with Crippen LogP contribution < -0.4 is 11.2 Å². The van der Waals surface area contributed by atoms with Crippen molar-refractivity contribution >= 4 is 22.9 Å².